The summed E-state index contributed by atoms with van der Waals surface area (Å²) < 4.78 is 11.2. The molecule has 2 heterocycles. The highest BCUT2D eigenvalue weighted by molar-refractivity contribution is 6.46. The number of hydrogen-bond acceptors (Lipinski definition) is 7. The summed E-state index contributed by atoms with van der Waals surface area (Å²) in [5.74, 6) is -0.407. The minimum atomic E-state index is -0.682. The molecule has 34 heavy (non-hydrogen) atoms. The Balaban J connectivity index is 1.78. The molecule has 0 aromatic heterocycles. The quantitative estimate of drug-likeness (QED) is 0.383. The van der Waals surface area contributed by atoms with Crippen LogP contribution in [-0.2, 0) is 9.59 Å². The van der Waals surface area contributed by atoms with Gasteiger partial charge in [-0.05, 0) is 63.0 Å². The predicted octanol–water partition coefficient (Wildman–Crippen LogP) is 2.90. The lowest BCUT2D eigenvalue weighted by molar-refractivity contribution is -0.139. The summed E-state index contributed by atoms with van der Waals surface area (Å²) in [5.41, 5.74) is 2.27. The van der Waals surface area contributed by atoms with E-state index in [-0.39, 0.29) is 11.3 Å². The number of anilines is 1. The van der Waals surface area contributed by atoms with Crippen LogP contribution in [0.5, 0.6) is 11.5 Å². The van der Waals surface area contributed by atoms with Crippen molar-refractivity contribution >= 4 is 23.1 Å². The molecule has 1 saturated heterocycles. The standard InChI is InChI=1S/C26H31N3O5/c1-27(2)12-5-13-29-23(17-6-9-19(10-7-17)28(3)4)22(25(31)26(29)32)24(30)18-8-11-20-21(16-18)34-15-14-33-20/h6-11,16,23,30H,5,12-15H2,1-4H3/b24-22-. The van der Waals surface area contributed by atoms with E-state index in [1.807, 2.05) is 62.3 Å². The van der Waals surface area contributed by atoms with Gasteiger partial charge in [0.05, 0.1) is 11.6 Å². The summed E-state index contributed by atoms with van der Waals surface area (Å²) >= 11 is 0. The Kier molecular flexibility index (Phi) is 6.79. The van der Waals surface area contributed by atoms with Gasteiger partial charge in [-0.15, -0.1) is 0 Å². The Labute approximate surface area is 200 Å². The van der Waals surface area contributed by atoms with Crippen LogP contribution in [-0.4, -0.2) is 81.1 Å². The van der Waals surface area contributed by atoms with Crippen molar-refractivity contribution in [2.24, 2.45) is 0 Å². The van der Waals surface area contributed by atoms with E-state index >= 15 is 0 Å². The second kappa shape index (κ2) is 9.77. The molecule has 180 valence electrons. The third kappa shape index (κ3) is 4.59. The zero-order valence-electron chi connectivity index (χ0n) is 20.1. The van der Waals surface area contributed by atoms with E-state index in [1.54, 1.807) is 23.1 Å². The number of Topliss-reactive ketones (excluding diaryl/α,β-unsaturated/α-hetero) is 1. The van der Waals surface area contributed by atoms with Gasteiger partial charge in [-0.1, -0.05) is 12.1 Å². The van der Waals surface area contributed by atoms with Crippen LogP contribution in [0.15, 0.2) is 48.0 Å². The van der Waals surface area contributed by atoms with Gasteiger partial charge in [-0.3, -0.25) is 9.59 Å². The summed E-state index contributed by atoms with van der Waals surface area (Å²) in [7, 11) is 7.83. The number of carbonyl (C=O) groups is 2. The fraction of sp³-hybridized carbons (Fsp3) is 0.385. The second-order valence-electron chi connectivity index (χ2n) is 8.99. The number of amides is 1. The number of ketones is 1. The molecule has 2 aromatic rings. The number of likely N-dealkylation sites (tertiary alicyclic amines) is 1. The number of fused-ring (bicyclic) bond motifs is 1. The maximum atomic E-state index is 13.2. The fourth-order valence-corrected chi connectivity index (χ4v) is 4.32. The van der Waals surface area contributed by atoms with Crippen molar-refractivity contribution in [1.82, 2.24) is 9.80 Å². The number of aliphatic hydroxyl groups excluding tert-OH is 1. The van der Waals surface area contributed by atoms with E-state index in [2.05, 4.69) is 0 Å². The number of carbonyl (C=O) groups excluding carboxylic acids is 2. The highest BCUT2D eigenvalue weighted by Crippen LogP contribution is 2.41. The molecule has 0 aliphatic carbocycles. The number of hydrogen-bond donors (Lipinski definition) is 1. The van der Waals surface area contributed by atoms with Crippen molar-refractivity contribution in [3.8, 4) is 11.5 Å². The largest absolute Gasteiger partial charge is 0.507 e. The zero-order chi connectivity index (χ0) is 24.4. The van der Waals surface area contributed by atoms with Gasteiger partial charge in [0.15, 0.2) is 11.5 Å². The van der Waals surface area contributed by atoms with E-state index < -0.39 is 17.7 Å². The Bertz CT molecular complexity index is 1110. The van der Waals surface area contributed by atoms with E-state index in [4.69, 9.17) is 9.47 Å². The Morgan fingerprint density at radius 1 is 1.00 bits per heavy atom. The Morgan fingerprint density at radius 3 is 2.32 bits per heavy atom. The third-order valence-corrected chi connectivity index (χ3v) is 6.09. The van der Waals surface area contributed by atoms with E-state index in [0.717, 1.165) is 17.8 Å². The first-order valence-corrected chi connectivity index (χ1v) is 11.4. The lowest BCUT2D eigenvalue weighted by Gasteiger charge is -2.26. The first-order chi connectivity index (χ1) is 16.3. The molecule has 0 spiro atoms. The molecule has 0 saturated carbocycles. The van der Waals surface area contributed by atoms with Crippen LogP contribution >= 0.6 is 0 Å². The van der Waals surface area contributed by atoms with Crippen molar-refractivity contribution in [2.75, 3.05) is 59.4 Å². The monoisotopic (exact) mass is 465 g/mol. The van der Waals surface area contributed by atoms with E-state index in [9.17, 15) is 14.7 Å². The zero-order valence-corrected chi connectivity index (χ0v) is 20.1. The average Bonchev–Trinajstić information content (AvgIpc) is 3.08. The SMILES string of the molecule is CN(C)CCCN1C(=O)C(=O)/C(=C(\O)c2ccc3c(c2)OCCO3)C1c1ccc(N(C)C)cc1. The maximum Gasteiger partial charge on any atom is 0.295 e. The number of benzene rings is 2. The van der Waals surface area contributed by atoms with E-state index in [0.29, 0.717) is 43.2 Å². The van der Waals surface area contributed by atoms with Crippen LogP contribution in [0, 0.1) is 0 Å². The van der Waals surface area contributed by atoms with Crippen molar-refractivity contribution in [2.45, 2.75) is 12.5 Å². The average molecular weight is 466 g/mol. The summed E-state index contributed by atoms with van der Waals surface area (Å²) in [4.78, 5) is 31.9. The highest BCUT2D eigenvalue weighted by atomic mass is 16.6. The van der Waals surface area contributed by atoms with Crippen LogP contribution in [0.3, 0.4) is 0 Å². The van der Waals surface area contributed by atoms with Crippen molar-refractivity contribution in [3.05, 3.63) is 59.2 Å². The predicted molar refractivity (Wildman–Crippen MR) is 130 cm³/mol. The van der Waals surface area contributed by atoms with Gasteiger partial charge in [0.25, 0.3) is 11.7 Å². The first-order valence-electron chi connectivity index (χ1n) is 11.4. The molecule has 2 aliphatic heterocycles. The van der Waals surface area contributed by atoms with Crippen molar-refractivity contribution in [3.63, 3.8) is 0 Å². The molecule has 8 nitrogen and oxygen atoms in total. The number of aliphatic hydroxyl groups is 1. The number of nitrogens with zero attached hydrogens (tertiary/aromatic N) is 3. The summed E-state index contributed by atoms with van der Waals surface area (Å²) in [5, 5.41) is 11.3. The number of rotatable bonds is 7. The van der Waals surface area contributed by atoms with Gasteiger partial charge >= 0.3 is 0 Å². The van der Waals surface area contributed by atoms with E-state index in [1.165, 1.54) is 0 Å². The summed E-state index contributed by atoms with van der Waals surface area (Å²) in [6.07, 6.45) is 0.705. The maximum absolute atomic E-state index is 13.2. The normalized spacial score (nSPS) is 19.1. The van der Waals surface area contributed by atoms with Gasteiger partial charge < -0.3 is 29.3 Å². The molecule has 2 aromatic carbocycles. The third-order valence-electron chi connectivity index (χ3n) is 6.09. The Hall–Kier alpha value is -3.52. The van der Waals surface area contributed by atoms with Crippen LogP contribution in [0.2, 0.25) is 0 Å². The molecule has 1 N–H and O–H groups in total. The van der Waals surface area contributed by atoms with Crippen LogP contribution in [0.25, 0.3) is 5.76 Å². The summed E-state index contributed by atoms with van der Waals surface area (Å²) in [6.45, 7) is 2.04. The van der Waals surface area contributed by atoms with Crippen molar-refractivity contribution in [1.29, 1.82) is 0 Å². The minimum Gasteiger partial charge on any atom is -0.507 e. The molecule has 1 unspecified atom stereocenters. The van der Waals surface area contributed by atoms with Gasteiger partial charge in [0, 0.05) is 31.9 Å². The molecular weight excluding hydrogens is 434 g/mol. The van der Waals surface area contributed by atoms with Crippen LogP contribution < -0.4 is 14.4 Å². The molecule has 1 atom stereocenters. The topological polar surface area (TPSA) is 82.6 Å². The fourth-order valence-electron chi connectivity index (χ4n) is 4.32. The molecular formula is C26H31N3O5. The molecule has 0 bridgehead atoms. The Morgan fingerprint density at radius 2 is 1.68 bits per heavy atom. The number of ether oxygens (including phenoxy) is 2. The molecule has 8 heteroatoms. The summed E-state index contributed by atoms with van der Waals surface area (Å²) in [6, 6.07) is 12.1. The molecule has 4 rings (SSSR count). The van der Waals surface area contributed by atoms with Gasteiger partial charge in [-0.25, -0.2) is 0 Å². The minimum absolute atomic E-state index is 0.0872. The van der Waals surface area contributed by atoms with Gasteiger partial charge in [0.2, 0.25) is 0 Å². The molecule has 0 radical (unpaired) electrons. The van der Waals surface area contributed by atoms with Crippen molar-refractivity contribution < 1.29 is 24.2 Å². The lowest BCUT2D eigenvalue weighted by Crippen LogP contribution is -2.32. The van der Waals surface area contributed by atoms with Gasteiger partial charge in [0.1, 0.15) is 19.0 Å². The van der Waals surface area contributed by atoms with Crippen LogP contribution in [0.1, 0.15) is 23.6 Å². The molecule has 1 amide bonds. The van der Waals surface area contributed by atoms with Crippen LogP contribution in [0.4, 0.5) is 5.69 Å². The smallest absolute Gasteiger partial charge is 0.295 e. The molecule has 2 aliphatic rings. The van der Waals surface area contributed by atoms with Gasteiger partial charge in [-0.2, -0.15) is 0 Å². The highest BCUT2D eigenvalue weighted by Gasteiger charge is 2.45. The second-order valence-corrected chi connectivity index (χ2v) is 8.99. The lowest BCUT2D eigenvalue weighted by atomic mass is 9.95. The molecule has 1 fully saturated rings. The first kappa shape index (κ1) is 23.6.